The highest BCUT2D eigenvalue weighted by Gasteiger charge is 2.14. The number of nitro groups is 1. The molecule has 0 radical (unpaired) electrons. The number of thioether (sulfide) groups is 1. The van der Waals surface area contributed by atoms with Gasteiger partial charge >= 0.3 is 0 Å². The zero-order chi connectivity index (χ0) is 11.4. The number of thiocyanates is 1. The minimum absolute atomic E-state index is 0.322. The molecule has 0 aliphatic heterocycles. The van der Waals surface area contributed by atoms with E-state index in [2.05, 4.69) is 0 Å². The van der Waals surface area contributed by atoms with E-state index in [0.29, 0.717) is 4.90 Å². The van der Waals surface area contributed by atoms with Crippen LogP contribution in [0.1, 0.15) is 10.4 Å². The van der Waals surface area contributed by atoms with Crippen LogP contribution in [0.3, 0.4) is 0 Å². The number of carbonyl (C=O) groups excluding carboxylic acids is 1. The number of hydrogen-bond donors (Lipinski definition) is 0. The van der Waals surface area contributed by atoms with Crippen molar-refractivity contribution in [1.82, 2.24) is 0 Å². The molecule has 6 nitrogen and oxygen atoms in total. The molecule has 76 valence electrons. The molecule has 7 heteroatoms. The Labute approximate surface area is 88.3 Å². The number of rotatable bonds is 3. The van der Waals surface area contributed by atoms with Gasteiger partial charge in [0.15, 0.2) is 0 Å². The number of carboxylic acids is 1. The summed E-state index contributed by atoms with van der Waals surface area (Å²) >= 11 is 0.719. The van der Waals surface area contributed by atoms with Crippen LogP contribution < -0.4 is 5.11 Å². The third-order valence-corrected chi connectivity index (χ3v) is 2.13. The zero-order valence-corrected chi connectivity index (χ0v) is 7.98. The largest absolute Gasteiger partial charge is 0.545 e. The van der Waals surface area contributed by atoms with Gasteiger partial charge in [-0.2, -0.15) is 5.26 Å². The smallest absolute Gasteiger partial charge is 0.278 e. The fraction of sp³-hybridized carbons (Fsp3) is 0. The summed E-state index contributed by atoms with van der Waals surface area (Å²) in [6.45, 7) is 0. The first kappa shape index (κ1) is 11.0. The van der Waals surface area contributed by atoms with Crippen LogP contribution in [-0.4, -0.2) is 10.9 Å². The Morgan fingerprint density at radius 3 is 2.67 bits per heavy atom. The Balaban J connectivity index is 3.28. The number of aromatic carboxylic acids is 1. The molecule has 1 rings (SSSR count). The topological polar surface area (TPSA) is 107 Å². The Morgan fingerprint density at radius 1 is 1.53 bits per heavy atom. The molecule has 0 aliphatic carbocycles. The Morgan fingerprint density at radius 2 is 2.20 bits per heavy atom. The van der Waals surface area contributed by atoms with Crippen LogP contribution in [-0.2, 0) is 0 Å². The molecule has 0 heterocycles. The number of hydrogen-bond acceptors (Lipinski definition) is 6. The van der Waals surface area contributed by atoms with Crippen molar-refractivity contribution in [2.45, 2.75) is 4.90 Å². The summed E-state index contributed by atoms with van der Waals surface area (Å²) in [5.41, 5.74) is -1.07. The lowest BCUT2D eigenvalue weighted by Gasteiger charge is -2.04. The number of nitriles is 1. The van der Waals surface area contributed by atoms with Gasteiger partial charge in [-0.1, -0.05) is 0 Å². The number of nitrogens with zero attached hydrogens (tertiary/aromatic N) is 2. The molecule has 15 heavy (non-hydrogen) atoms. The van der Waals surface area contributed by atoms with E-state index in [1.165, 1.54) is 6.07 Å². The van der Waals surface area contributed by atoms with Crippen LogP contribution in [0.25, 0.3) is 0 Å². The minimum Gasteiger partial charge on any atom is -0.545 e. The van der Waals surface area contributed by atoms with E-state index in [9.17, 15) is 20.0 Å². The molecule has 0 aliphatic rings. The van der Waals surface area contributed by atoms with Gasteiger partial charge in [0.25, 0.3) is 5.69 Å². The fourth-order valence-electron chi connectivity index (χ4n) is 0.954. The number of nitro benzene ring substituents is 1. The van der Waals surface area contributed by atoms with Crippen LogP contribution >= 0.6 is 11.8 Å². The van der Waals surface area contributed by atoms with E-state index in [1.807, 2.05) is 0 Å². The van der Waals surface area contributed by atoms with Gasteiger partial charge in [0, 0.05) is 11.0 Å². The van der Waals surface area contributed by atoms with Crippen molar-refractivity contribution >= 4 is 23.4 Å². The van der Waals surface area contributed by atoms with E-state index < -0.39 is 22.1 Å². The average Bonchev–Trinajstić information content (AvgIpc) is 2.17. The van der Waals surface area contributed by atoms with E-state index >= 15 is 0 Å². The molecular formula is C8H3N2O4S-. The van der Waals surface area contributed by atoms with Crippen molar-refractivity contribution in [2.75, 3.05) is 0 Å². The van der Waals surface area contributed by atoms with E-state index in [0.717, 1.165) is 23.9 Å². The second-order valence-electron chi connectivity index (χ2n) is 2.42. The Hall–Kier alpha value is -2.07. The van der Waals surface area contributed by atoms with Gasteiger partial charge in [-0.15, -0.1) is 0 Å². The lowest BCUT2D eigenvalue weighted by molar-refractivity contribution is -0.385. The normalized spacial score (nSPS) is 9.27. The van der Waals surface area contributed by atoms with Crippen molar-refractivity contribution in [1.29, 1.82) is 5.26 Å². The molecular weight excluding hydrogens is 220 g/mol. The van der Waals surface area contributed by atoms with Gasteiger partial charge in [0.1, 0.15) is 5.40 Å². The van der Waals surface area contributed by atoms with Gasteiger partial charge in [0.2, 0.25) is 0 Å². The van der Waals surface area contributed by atoms with Crippen molar-refractivity contribution < 1.29 is 14.8 Å². The molecule has 1 aromatic carbocycles. The summed E-state index contributed by atoms with van der Waals surface area (Å²) in [7, 11) is 0. The Kier molecular flexibility index (Phi) is 3.25. The highest BCUT2D eigenvalue weighted by molar-refractivity contribution is 8.03. The maximum Gasteiger partial charge on any atom is 0.278 e. The lowest BCUT2D eigenvalue weighted by atomic mass is 10.2. The van der Waals surface area contributed by atoms with E-state index in [-0.39, 0.29) is 0 Å². The lowest BCUT2D eigenvalue weighted by Crippen LogP contribution is -2.23. The first-order valence-electron chi connectivity index (χ1n) is 3.62. The van der Waals surface area contributed by atoms with Gasteiger partial charge in [0.05, 0.1) is 16.5 Å². The third-order valence-electron chi connectivity index (χ3n) is 1.55. The molecule has 0 N–H and O–H groups in total. The molecule has 0 unspecified atom stereocenters. The summed E-state index contributed by atoms with van der Waals surface area (Å²) in [6.07, 6.45) is 0. The summed E-state index contributed by atoms with van der Waals surface area (Å²) in [5.74, 6) is -1.64. The zero-order valence-electron chi connectivity index (χ0n) is 7.17. The van der Waals surface area contributed by atoms with E-state index in [1.54, 1.807) is 5.40 Å². The van der Waals surface area contributed by atoms with Crippen LogP contribution in [0.2, 0.25) is 0 Å². The van der Waals surface area contributed by atoms with Crippen molar-refractivity contribution in [2.24, 2.45) is 0 Å². The molecule has 0 saturated carbocycles. The maximum atomic E-state index is 10.6. The molecule has 0 fully saturated rings. The van der Waals surface area contributed by atoms with E-state index in [4.69, 9.17) is 5.26 Å². The second kappa shape index (κ2) is 4.43. The van der Waals surface area contributed by atoms with Crippen molar-refractivity contribution in [3.05, 3.63) is 33.9 Å². The number of carbonyl (C=O) groups is 1. The molecule has 0 bridgehead atoms. The first-order valence-corrected chi connectivity index (χ1v) is 4.43. The van der Waals surface area contributed by atoms with Crippen molar-refractivity contribution in [3.63, 3.8) is 0 Å². The summed E-state index contributed by atoms with van der Waals surface area (Å²) in [4.78, 5) is 20.5. The molecule has 0 aromatic heterocycles. The third kappa shape index (κ3) is 2.45. The van der Waals surface area contributed by atoms with Crippen LogP contribution in [0.5, 0.6) is 0 Å². The quantitative estimate of drug-likeness (QED) is 0.320. The van der Waals surface area contributed by atoms with Gasteiger partial charge < -0.3 is 9.90 Å². The standard InChI is InChI=1S/C8H4N2O4S/c9-4-15-5-1-2-7(10(13)14)6(3-5)8(11)12/h1-3H,(H,11,12)/p-1. The average molecular weight is 223 g/mol. The maximum absolute atomic E-state index is 10.6. The first-order chi connectivity index (χ1) is 7.06. The monoisotopic (exact) mass is 223 g/mol. The van der Waals surface area contributed by atoms with Crippen molar-refractivity contribution in [3.8, 4) is 5.40 Å². The summed E-state index contributed by atoms with van der Waals surface area (Å²) in [6, 6.07) is 3.38. The minimum atomic E-state index is -1.64. The predicted octanol–water partition coefficient (Wildman–Crippen LogP) is 0.531. The molecule has 0 saturated heterocycles. The summed E-state index contributed by atoms with van der Waals surface area (Å²) < 4.78 is 0. The second-order valence-corrected chi connectivity index (χ2v) is 3.27. The van der Waals surface area contributed by atoms with Crippen LogP contribution in [0.4, 0.5) is 5.69 Å². The predicted molar refractivity (Wildman–Crippen MR) is 48.9 cm³/mol. The Bertz CT molecular complexity index is 466. The molecule has 1 aromatic rings. The SMILES string of the molecule is N#CSc1ccc([N+](=O)[O-])c(C(=O)[O-])c1. The molecule has 0 amide bonds. The summed E-state index contributed by atoms with van der Waals surface area (Å²) in [5, 5.41) is 31.1. The van der Waals surface area contributed by atoms with Gasteiger partial charge in [-0.25, -0.2) is 0 Å². The highest BCUT2D eigenvalue weighted by Crippen LogP contribution is 2.24. The number of benzene rings is 1. The van der Waals surface area contributed by atoms with Gasteiger partial charge in [-0.05, 0) is 23.9 Å². The number of carboxylic acid groups (broad SMARTS) is 1. The van der Waals surface area contributed by atoms with Gasteiger partial charge in [-0.3, -0.25) is 10.1 Å². The van der Waals surface area contributed by atoms with Crippen LogP contribution in [0, 0.1) is 20.8 Å². The fourth-order valence-corrected chi connectivity index (χ4v) is 1.37. The van der Waals surface area contributed by atoms with Crippen LogP contribution in [0.15, 0.2) is 23.1 Å². The molecule has 0 atom stereocenters. The highest BCUT2D eigenvalue weighted by atomic mass is 32.2. The molecule has 0 spiro atoms.